The Kier molecular flexibility index (Phi) is 4.63. The Hall–Kier alpha value is -1.16. The maximum absolute atomic E-state index is 13.7. The van der Waals surface area contributed by atoms with Crippen LogP contribution in [0.2, 0.25) is 10.0 Å². The second-order valence-electron chi connectivity index (χ2n) is 4.54. The summed E-state index contributed by atoms with van der Waals surface area (Å²) in [4.78, 5) is 0. The van der Waals surface area contributed by atoms with Crippen molar-refractivity contribution in [1.29, 1.82) is 0 Å². The Labute approximate surface area is 125 Å². The molecule has 1 atom stereocenters. The van der Waals surface area contributed by atoms with Crippen LogP contribution in [0.4, 0.5) is 8.78 Å². The molecule has 0 heterocycles. The highest BCUT2D eigenvalue weighted by atomic mass is 35.5. The minimum atomic E-state index is -1.15. The molecule has 0 aliphatic rings. The second-order valence-corrected chi connectivity index (χ2v) is 5.36. The molecule has 1 nitrogen and oxygen atoms in total. The van der Waals surface area contributed by atoms with Crippen molar-refractivity contribution in [3.05, 3.63) is 68.7 Å². The molecule has 2 aromatic rings. The van der Waals surface area contributed by atoms with Crippen molar-refractivity contribution in [3.8, 4) is 0 Å². The zero-order valence-electron chi connectivity index (χ0n) is 10.6. The van der Waals surface area contributed by atoms with Crippen LogP contribution in [0, 0.1) is 18.6 Å². The number of benzene rings is 2. The summed E-state index contributed by atoms with van der Waals surface area (Å²) in [5, 5.41) is 10.9. The topological polar surface area (TPSA) is 20.2 Å². The fourth-order valence-electron chi connectivity index (χ4n) is 1.97. The molecule has 20 heavy (non-hydrogen) atoms. The van der Waals surface area contributed by atoms with E-state index in [0.29, 0.717) is 15.6 Å². The summed E-state index contributed by atoms with van der Waals surface area (Å²) < 4.78 is 26.9. The van der Waals surface area contributed by atoms with Gasteiger partial charge in [-0.25, -0.2) is 8.78 Å². The lowest BCUT2D eigenvalue weighted by Crippen LogP contribution is -2.06. The van der Waals surface area contributed by atoms with E-state index in [4.69, 9.17) is 23.2 Å². The predicted octanol–water partition coefficient (Wildman–Crippen LogP) is 4.86. The number of halogens is 4. The van der Waals surface area contributed by atoms with Crippen molar-refractivity contribution in [2.24, 2.45) is 0 Å². The van der Waals surface area contributed by atoms with Gasteiger partial charge in [-0.05, 0) is 36.2 Å². The Bertz CT molecular complexity index is 624. The average molecular weight is 317 g/mol. The standard InChI is InChI=1S/C15H12Cl2F2O/c1-8-5-10(14(19)7-13(8)18)15(20)6-9-11(16)3-2-4-12(9)17/h2-5,7,15,20H,6H2,1H3. The van der Waals surface area contributed by atoms with Crippen LogP contribution in [0.15, 0.2) is 30.3 Å². The van der Waals surface area contributed by atoms with Gasteiger partial charge >= 0.3 is 0 Å². The van der Waals surface area contributed by atoms with E-state index in [1.54, 1.807) is 18.2 Å². The van der Waals surface area contributed by atoms with Gasteiger partial charge in [0, 0.05) is 28.1 Å². The molecule has 0 spiro atoms. The number of aryl methyl sites for hydroxylation is 1. The summed E-state index contributed by atoms with van der Waals surface area (Å²) in [6.07, 6.45) is -1.09. The van der Waals surface area contributed by atoms with Gasteiger partial charge in [0.15, 0.2) is 0 Å². The van der Waals surface area contributed by atoms with E-state index in [1.165, 1.54) is 13.0 Å². The molecule has 0 aromatic heterocycles. The van der Waals surface area contributed by atoms with Crippen LogP contribution in [-0.2, 0) is 6.42 Å². The molecule has 1 unspecified atom stereocenters. The van der Waals surface area contributed by atoms with Gasteiger partial charge in [-0.3, -0.25) is 0 Å². The molecular formula is C15H12Cl2F2O. The number of hydrogen-bond acceptors (Lipinski definition) is 1. The van der Waals surface area contributed by atoms with E-state index in [-0.39, 0.29) is 17.5 Å². The van der Waals surface area contributed by atoms with Crippen LogP contribution in [-0.4, -0.2) is 5.11 Å². The number of rotatable bonds is 3. The third-order valence-corrected chi connectivity index (χ3v) is 3.80. The molecule has 2 aromatic carbocycles. The summed E-state index contributed by atoms with van der Waals surface area (Å²) in [6.45, 7) is 1.51. The second kappa shape index (κ2) is 6.08. The first kappa shape index (κ1) is 15.2. The number of hydrogen-bond donors (Lipinski definition) is 1. The quantitative estimate of drug-likeness (QED) is 0.857. The zero-order valence-corrected chi connectivity index (χ0v) is 12.1. The normalized spacial score (nSPS) is 12.5. The Morgan fingerprint density at radius 1 is 1.10 bits per heavy atom. The van der Waals surface area contributed by atoms with Crippen LogP contribution >= 0.6 is 23.2 Å². The highest BCUT2D eigenvalue weighted by Gasteiger charge is 2.18. The lowest BCUT2D eigenvalue weighted by Gasteiger charge is -2.15. The molecular weight excluding hydrogens is 305 g/mol. The average Bonchev–Trinajstić information content (AvgIpc) is 2.38. The van der Waals surface area contributed by atoms with Gasteiger partial charge in [0.05, 0.1) is 6.10 Å². The summed E-state index contributed by atoms with van der Waals surface area (Å²) in [5.41, 5.74) is 0.829. The molecule has 0 aliphatic carbocycles. The molecule has 5 heteroatoms. The van der Waals surface area contributed by atoms with Gasteiger partial charge in [0.1, 0.15) is 11.6 Å². The van der Waals surface area contributed by atoms with Crippen LogP contribution in [0.25, 0.3) is 0 Å². The van der Waals surface area contributed by atoms with Crippen LogP contribution in [0.5, 0.6) is 0 Å². The smallest absolute Gasteiger partial charge is 0.131 e. The Balaban J connectivity index is 2.33. The first-order chi connectivity index (χ1) is 9.40. The van der Waals surface area contributed by atoms with Crippen molar-refractivity contribution in [3.63, 3.8) is 0 Å². The number of aliphatic hydroxyl groups excluding tert-OH is 1. The van der Waals surface area contributed by atoms with Crippen molar-refractivity contribution in [2.75, 3.05) is 0 Å². The molecule has 0 amide bonds. The summed E-state index contributed by atoms with van der Waals surface area (Å²) in [6, 6.07) is 7.02. The first-order valence-corrected chi connectivity index (χ1v) is 6.72. The minimum Gasteiger partial charge on any atom is -0.388 e. The van der Waals surface area contributed by atoms with E-state index in [0.717, 1.165) is 6.07 Å². The molecule has 0 fully saturated rings. The van der Waals surface area contributed by atoms with Crippen molar-refractivity contribution < 1.29 is 13.9 Å². The summed E-state index contributed by atoms with van der Waals surface area (Å²) >= 11 is 12.0. The molecule has 106 valence electrons. The fraction of sp³-hybridized carbons (Fsp3) is 0.200. The van der Waals surface area contributed by atoms with E-state index >= 15 is 0 Å². The molecule has 0 bridgehead atoms. The minimum absolute atomic E-state index is 0.0277. The predicted molar refractivity (Wildman–Crippen MR) is 76.2 cm³/mol. The Morgan fingerprint density at radius 3 is 2.30 bits per heavy atom. The van der Waals surface area contributed by atoms with Crippen LogP contribution in [0.3, 0.4) is 0 Å². The van der Waals surface area contributed by atoms with E-state index < -0.39 is 17.7 Å². The number of aliphatic hydroxyl groups is 1. The monoisotopic (exact) mass is 316 g/mol. The summed E-state index contributed by atoms with van der Waals surface area (Å²) in [7, 11) is 0. The largest absolute Gasteiger partial charge is 0.388 e. The zero-order chi connectivity index (χ0) is 14.9. The van der Waals surface area contributed by atoms with Gasteiger partial charge in [0.25, 0.3) is 0 Å². The molecule has 1 N–H and O–H groups in total. The maximum atomic E-state index is 13.7. The fourth-order valence-corrected chi connectivity index (χ4v) is 2.52. The molecule has 0 aliphatic heterocycles. The van der Waals surface area contributed by atoms with E-state index in [2.05, 4.69) is 0 Å². The van der Waals surface area contributed by atoms with Gasteiger partial charge in [-0.15, -0.1) is 0 Å². The highest BCUT2D eigenvalue weighted by molar-refractivity contribution is 6.36. The highest BCUT2D eigenvalue weighted by Crippen LogP contribution is 2.30. The van der Waals surface area contributed by atoms with Gasteiger partial charge in [-0.2, -0.15) is 0 Å². The third-order valence-electron chi connectivity index (χ3n) is 3.10. The maximum Gasteiger partial charge on any atom is 0.131 e. The van der Waals surface area contributed by atoms with Gasteiger partial charge in [-0.1, -0.05) is 29.3 Å². The van der Waals surface area contributed by atoms with E-state index in [1.807, 2.05) is 0 Å². The lowest BCUT2D eigenvalue weighted by molar-refractivity contribution is 0.173. The SMILES string of the molecule is Cc1cc(C(O)Cc2c(Cl)cccc2Cl)c(F)cc1F. The van der Waals surface area contributed by atoms with Gasteiger partial charge in [0.2, 0.25) is 0 Å². The Morgan fingerprint density at radius 2 is 1.70 bits per heavy atom. The lowest BCUT2D eigenvalue weighted by atomic mass is 9.99. The third kappa shape index (κ3) is 3.11. The van der Waals surface area contributed by atoms with Crippen LogP contribution in [0.1, 0.15) is 22.8 Å². The first-order valence-electron chi connectivity index (χ1n) is 5.96. The molecule has 0 saturated heterocycles. The van der Waals surface area contributed by atoms with Crippen LogP contribution < -0.4 is 0 Å². The van der Waals surface area contributed by atoms with Gasteiger partial charge < -0.3 is 5.11 Å². The van der Waals surface area contributed by atoms with Crippen molar-refractivity contribution in [1.82, 2.24) is 0 Å². The van der Waals surface area contributed by atoms with Crippen molar-refractivity contribution >= 4 is 23.2 Å². The molecule has 0 saturated carbocycles. The van der Waals surface area contributed by atoms with Crippen molar-refractivity contribution in [2.45, 2.75) is 19.4 Å². The summed E-state index contributed by atoms with van der Waals surface area (Å²) in [5.74, 6) is -1.43. The van der Waals surface area contributed by atoms with E-state index in [9.17, 15) is 13.9 Å². The molecule has 2 rings (SSSR count). The molecule has 0 radical (unpaired) electrons.